The SMILES string of the molecule is CCOc1ccc(N=C2SC[C@H](C)N2C(=O)COc2cccc(F)c2)cc1. The third-order valence-electron chi connectivity index (χ3n) is 3.90. The molecule has 1 fully saturated rings. The minimum atomic E-state index is -0.400. The van der Waals surface area contributed by atoms with Crippen LogP contribution in [0.2, 0.25) is 0 Å². The fraction of sp³-hybridized carbons (Fsp3) is 0.300. The van der Waals surface area contributed by atoms with E-state index in [4.69, 9.17) is 9.47 Å². The summed E-state index contributed by atoms with van der Waals surface area (Å²) < 4.78 is 24.1. The van der Waals surface area contributed by atoms with E-state index in [1.54, 1.807) is 17.0 Å². The molecule has 1 heterocycles. The van der Waals surface area contributed by atoms with Gasteiger partial charge in [-0.25, -0.2) is 9.38 Å². The highest BCUT2D eigenvalue weighted by Crippen LogP contribution is 2.28. The predicted octanol–water partition coefficient (Wildman–Crippen LogP) is 4.25. The summed E-state index contributed by atoms with van der Waals surface area (Å²) in [5.41, 5.74) is 0.749. The number of aliphatic imine (C=N–C) groups is 1. The molecular weight excluding hydrogens is 367 g/mol. The number of amidine groups is 1. The fourth-order valence-corrected chi connectivity index (χ4v) is 3.76. The van der Waals surface area contributed by atoms with Crippen LogP contribution in [0.3, 0.4) is 0 Å². The highest BCUT2D eigenvalue weighted by atomic mass is 32.2. The Morgan fingerprint density at radius 1 is 1.22 bits per heavy atom. The van der Waals surface area contributed by atoms with Gasteiger partial charge in [0, 0.05) is 17.9 Å². The van der Waals surface area contributed by atoms with E-state index in [9.17, 15) is 9.18 Å². The van der Waals surface area contributed by atoms with Crippen LogP contribution in [-0.2, 0) is 4.79 Å². The summed E-state index contributed by atoms with van der Waals surface area (Å²) in [6.45, 7) is 4.33. The molecule has 0 bridgehead atoms. The molecule has 0 aromatic heterocycles. The van der Waals surface area contributed by atoms with Crippen LogP contribution in [0, 0.1) is 5.82 Å². The number of thioether (sulfide) groups is 1. The summed E-state index contributed by atoms with van der Waals surface area (Å²) in [6, 6.07) is 13.2. The maximum absolute atomic E-state index is 13.2. The van der Waals surface area contributed by atoms with E-state index in [1.807, 2.05) is 38.1 Å². The minimum absolute atomic E-state index is 0.0139. The van der Waals surface area contributed by atoms with Gasteiger partial charge in [0.05, 0.1) is 12.3 Å². The Kier molecular flexibility index (Phi) is 6.34. The first-order valence-corrected chi connectivity index (χ1v) is 9.70. The molecule has 1 aliphatic heterocycles. The van der Waals surface area contributed by atoms with E-state index in [0.29, 0.717) is 17.5 Å². The van der Waals surface area contributed by atoms with Crippen LogP contribution in [-0.4, -0.2) is 41.0 Å². The Bertz CT molecular complexity index is 826. The predicted molar refractivity (Wildman–Crippen MR) is 105 cm³/mol. The molecule has 1 atom stereocenters. The van der Waals surface area contributed by atoms with Crippen molar-refractivity contribution in [3.05, 3.63) is 54.3 Å². The topological polar surface area (TPSA) is 51.1 Å². The molecule has 1 aliphatic rings. The molecule has 7 heteroatoms. The first-order chi connectivity index (χ1) is 13.1. The van der Waals surface area contributed by atoms with Crippen molar-refractivity contribution in [3.63, 3.8) is 0 Å². The number of rotatable bonds is 6. The lowest BCUT2D eigenvalue weighted by molar-refractivity contribution is -0.130. The van der Waals surface area contributed by atoms with Gasteiger partial charge in [0.25, 0.3) is 5.91 Å². The molecule has 1 saturated heterocycles. The van der Waals surface area contributed by atoms with Crippen LogP contribution in [0.5, 0.6) is 11.5 Å². The third-order valence-corrected chi connectivity index (χ3v) is 5.10. The second-order valence-corrected chi connectivity index (χ2v) is 6.98. The second kappa shape index (κ2) is 8.90. The van der Waals surface area contributed by atoms with Crippen LogP contribution in [0.4, 0.5) is 10.1 Å². The van der Waals surface area contributed by atoms with Gasteiger partial charge in [-0.3, -0.25) is 9.69 Å². The van der Waals surface area contributed by atoms with Crippen LogP contribution >= 0.6 is 11.8 Å². The molecule has 0 saturated carbocycles. The fourth-order valence-electron chi connectivity index (χ4n) is 2.63. The van der Waals surface area contributed by atoms with Crippen LogP contribution in [0.25, 0.3) is 0 Å². The van der Waals surface area contributed by atoms with Crippen LogP contribution in [0.15, 0.2) is 53.5 Å². The van der Waals surface area contributed by atoms with Crippen molar-refractivity contribution < 1.29 is 18.7 Å². The maximum Gasteiger partial charge on any atom is 0.266 e. The van der Waals surface area contributed by atoms with Crippen molar-refractivity contribution in [3.8, 4) is 11.5 Å². The number of halogens is 1. The maximum atomic E-state index is 13.2. The van der Waals surface area contributed by atoms with Gasteiger partial charge in [-0.05, 0) is 50.2 Å². The van der Waals surface area contributed by atoms with Crippen molar-refractivity contribution in [2.24, 2.45) is 4.99 Å². The van der Waals surface area contributed by atoms with Gasteiger partial charge >= 0.3 is 0 Å². The van der Waals surface area contributed by atoms with Crippen LogP contribution in [0.1, 0.15) is 13.8 Å². The van der Waals surface area contributed by atoms with Gasteiger partial charge in [0.2, 0.25) is 0 Å². The van der Waals surface area contributed by atoms with Crippen LogP contribution < -0.4 is 9.47 Å². The number of ether oxygens (including phenoxy) is 2. The molecule has 3 rings (SSSR count). The number of hydrogen-bond donors (Lipinski definition) is 0. The Morgan fingerprint density at radius 3 is 2.70 bits per heavy atom. The first kappa shape index (κ1) is 19.2. The van der Waals surface area contributed by atoms with Gasteiger partial charge in [0.1, 0.15) is 17.3 Å². The highest BCUT2D eigenvalue weighted by molar-refractivity contribution is 8.14. The second-order valence-electron chi connectivity index (χ2n) is 5.99. The molecule has 27 heavy (non-hydrogen) atoms. The highest BCUT2D eigenvalue weighted by Gasteiger charge is 2.32. The summed E-state index contributed by atoms with van der Waals surface area (Å²) >= 11 is 1.53. The quantitative estimate of drug-likeness (QED) is 0.742. The van der Waals surface area contributed by atoms with Crippen molar-refractivity contribution in [2.75, 3.05) is 19.0 Å². The Balaban J connectivity index is 1.69. The zero-order valence-corrected chi connectivity index (χ0v) is 16.0. The standard InChI is InChI=1S/C20H21FN2O3S/c1-3-25-17-9-7-16(8-10-17)22-20-23(14(2)13-27-20)19(24)12-26-18-6-4-5-15(21)11-18/h4-11,14H,3,12-13H2,1-2H3/t14-/m0/s1. The van der Waals surface area contributed by atoms with E-state index in [2.05, 4.69) is 4.99 Å². The minimum Gasteiger partial charge on any atom is -0.494 e. The molecule has 5 nitrogen and oxygen atoms in total. The summed E-state index contributed by atoms with van der Waals surface area (Å²) in [6.07, 6.45) is 0. The van der Waals surface area contributed by atoms with E-state index < -0.39 is 5.82 Å². The van der Waals surface area contributed by atoms with E-state index in [-0.39, 0.29) is 18.6 Å². The number of amides is 1. The van der Waals surface area contributed by atoms with Gasteiger partial charge in [-0.1, -0.05) is 17.8 Å². The summed E-state index contributed by atoms with van der Waals surface area (Å²) in [5.74, 6) is 1.27. The van der Waals surface area contributed by atoms with E-state index in [0.717, 1.165) is 17.2 Å². The zero-order chi connectivity index (χ0) is 19.2. The monoisotopic (exact) mass is 388 g/mol. The molecule has 0 spiro atoms. The molecule has 0 N–H and O–H groups in total. The van der Waals surface area contributed by atoms with E-state index in [1.165, 1.54) is 23.9 Å². The number of carbonyl (C=O) groups excluding carboxylic acids is 1. The molecule has 0 aliphatic carbocycles. The Hall–Kier alpha value is -2.54. The number of benzene rings is 2. The molecule has 1 amide bonds. The van der Waals surface area contributed by atoms with Crippen molar-refractivity contribution >= 4 is 28.5 Å². The lowest BCUT2D eigenvalue weighted by atomic mass is 10.3. The largest absolute Gasteiger partial charge is 0.494 e. The molecular formula is C20H21FN2O3S. The van der Waals surface area contributed by atoms with Gasteiger partial charge < -0.3 is 9.47 Å². The summed E-state index contributed by atoms with van der Waals surface area (Å²) in [7, 11) is 0. The Morgan fingerprint density at radius 2 is 2.00 bits per heavy atom. The lowest BCUT2D eigenvalue weighted by Gasteiger charge is -2.21. The number of carbonyl (C=O) groups is 1. The smallest absolute Gasteiger partial charge is 0.266 e. The van der Waals surface area contributed by atoms with Gasteiger partial charge in [0.15, 0.2) is 11.8 Å². The molecule has 0 unspecified atom stereocenters. The van der Waals surface area contributed by atoms with Gasteiger partial charge in [-0.2, -0.15) is 0 Å². The zero-order valence-electron chi connectivity index (χ0n) is 15.2. The lowest BCUT2D eigenvalue weighted by Crippen LogP contribution is -2.40. The number of hydrogen-bond acceptors (Lipinski definition) is 5. The average molecular weight is 388 g/mol. The van der Waals surface area contributed by atoms with Crippen molar-refractivity contribution in [1.29, 1.82) is 0 Å². The van der Waals surface area contributed by atoms with E-state index >= 15 is 0 Å². The summed E-state index contributed by atoms with van der Waals surface area (Å²) in [4.78, 5) is 18.9. The average Bonchev–Trinajstić information content (AvgIpc) is 3.02. The molecule has 142 valence electrons. The molecule has 2 aromatic carbocycles. The normalized spacial score (nSPS) is 18.0. The number of nitrogens with zero attached hydrogens (tertiary/aromatic N) is 2. The van der Waals surface area contributed by atoms with Gasteiger partial charge in [-0.15, -0.1) is 0 Å². The molecule has 2 aromatic rings. The first-order valence-electron chi connectivity index (χ1n) is 8.71. The summed E-state index contributed by atoms with van der Waals surface area (Å²) in [5, 5.41) is 0.638. The molecule has 0 radical (unpaired) electrons. The van der Waals surface area contributed by atoms with Crippen molar-refractivity contribution in [1.82, 2.24) is 4.90 Å². The third kappa shape index (κ3) is 5.01. The Labute approximate surface area is 162 Å². The van der Waals surface area contributed by atoms with Crippen molar-refractivity contribution in [2.45, 2.75) is 19.9 Å².